The normalized spacial score (nSPS) is 14.9. The number of benzene rings is 2. The molecule has 0 spiro atoms. The van der Waals surface area contributed by atoms with Crippen molar-refractivity contribution in [2.45, 2.75) is 18.8 Å². The Kier molecular flexibility index (Phi) is 5.30. The molecular weight excluding hydrogens is 379 g/mol. The van der Waals surface area contributed by atoms with Crippen molar-refractivity contribution in [2.24, 2.45) is 0 Å². The number of anilines is 1. The summed E-state index contributed by atoms with van der Waals surface area (Å²) in [5.74, 6) is 0.0870. The first-order valence-electron chi connectivity index (χ1n) is 9.20. The van der Waals surface area contributed by atoms with Gasteiger partial charge >= 0.3 is 6.03 Å². The molecule has 2 aromatic carbocycles. The number of aromatic nitrogens is 2. The Hall–Kier alpha value is -2.86. The maximum atomic E-state index is 13.1. The highest BCUT2D eigenvalue weighted by molar-refractivity contribution is 6.30. The van der Waals surface area contributed by atoms with Crippen molar-refractivity contribution in [3.05, 3.63) is 77.3 Å². The van der Waals surface area contributed by atoms with Gasteiger partial charge in [0.25, 0.3) is 0 Å². The molecular formula is C21H20ClFN4O. The van der Waals surface area contributed by atoms with Crippen molar-refractivity contribution >= 4 is 23.3 Å². The lowest BCUT2D eigenvalue weighted by Gasteiger charge is -2.31. The molecule has 0 unspecified atom stereocenters. The summed E-state index contributed by atoms with van der Waals surface area (Å²) in [7, 11) is 0. The predicted molar refractivity (Wildman–Crippen MR) is 108 cm³/mol. The zero-order chi connectivity index (χ0) is 19.5. The molecule has 2 heterocycles. The molecule has 2 amide bonds. The van der Waals surface area contributed by atoms with Crippen LogP contribution in [-0.4, -0.2) is 33.8 Å². The van der Waals surface area contributed by atoms with Crippen molar-refractivity contribution < 1.29 is 9.18 Å². The quantitative estimate of drug-likeness (QED) is 0.669. The zero-order valence-electron chi connectivity index (χ0n) is 15.2. The van der Waals surface area contributed by atoms with Gasteiger partial charge in [-0.2, -0.15) is 5.10 Å². The number of carbonyl (C=O) groups excluding carboxylic acids is 1. The van der Waals surface area contributed by atoms with Crippen molar-refractivity contribution in [1.29, 1.82) is 0 Å². The fourth-order valence-electron chi connectivity index (χ4n) is 3.47. The van der Waals surface area contributed by atoms with Crippen LogP contribution in [0.1, 0.15) is 24.3 Å². The van der Waals surface area contributed by atoms with Crippen LogP contribution in [0.2, 0.25) is 5.02 Å². The van der Waals surface area contributed by atoms with Crippen molar-refractivity contribution in [1.82, 2.24) is 14.7 Å². The van der Waals surface area contributed by atoms with E-state index in [1.54, 1.807) is 28.9 Å². The van der Waals surface area contributed by atoms with E-state index in [1.807, 2.05) is 29.4 Å². The van der Waals surface area contributed by atoms with Gasteiger partial charge in [-0.15, -0.1) is 0 Å². The van der Waals surface area contributed by atoms with E-state index in [9.17, 15) is 9.18 Å². The Morgan fingerprint density at radius 2 is 1.89 bits per heavy atom. The minimum Gasteiger partial charge on any atom is -0.324 e. The monoisotopic (exact) mass is 398 g/mol. The molecule has 5 nitrogen and oxygen atoms in total. The summed E-state index contributed by atoms with van der Waals surface area (Å²) in [5.41, 5.74) is 2.66. The summed E-state index contributed by atoms with van der Waals surface area (Å²) >= 11 is 5.96. The van der Waals surface area contributed by atoms with Gasteiger partial charge in [0.05, 0.1) is 11.9 Å². The van der Waals surface area contributed by atoms with Crippen LogP contribution < -0.4 is 5.32 Å². The highest BCUT2D eigenvalue weighted by Crippen LogP contribution is 2.28. The van der Waals surface area contributed by atoms with Crippen LogP contribution >= 0.6 is 11.6 Å². The van der Waals surface area contributed by atoms with Crippen LogP contribution in [0, 0.1) is 5.82 Å². The van der Waals surface area contributed by atoms with Gasteiger partial charge in [0.2, 0.25) is 0 Å². The lowest BCUT2D eigenvalue weighted by Crippen LogP contribution is -2.40. The third kappa shape index (κ3) is 4.17. The van der Waals surface area contributed by atoms with E-state index in [-0.39, 0.29) is 11.8 Å². The molecule has 4 rings (SSSR count). The molecule has 1 aliphatic heterocycles. The number of rotatable bonds is 3. The average molecular weight is 399 g/mol. The summed E-state index contributed by atoms with van der Waals surface area (Å²) in [5, 5.41) is 7.88. The Morgan fingerprint density at radius 3 is 2.61 bits per heavy atom. The van der Waals surface area contributed by atoms with E-state index in [0.717, 1.165) is 24.1 Å². The highest BCUT2D eigenvalue weighted by Gasteiger charge is 2.25. The number of hydrogen-bond donors (Lipinski definition) is 1. The molecule has 1 N–H and O–H groups in total. The molecule has 7 heteroatoms. The maximum Gasteiger partial charge on any atom is 0.321 e. The average Bonchev–Trinajstić information content (AvgIpc) is 3.19. The van der Waals surface area contributed by atoms with Gasteiger partial charge in [-0.25, -0.2) is 13.9 Å². The van der Waals surface area contributed by atoms with Crippen LogP contribution in [0.15, 0.2) is 60.9 Å². The van der Waals surface area contributed by atoms with Crippen molar-refractivity contribution in [2.75, 3.05) is 18.4 Å². The Balaban J connectivity index is 1.35. The number of nitrogens with zero attached hydrogens (tertiary/aromatic N) is 3. The van der Waals surface area contributed by atoms with E-state index in [4.69, 9.17) is 11.6 Å². The molecule has 0 bridgehead atoms. The Morgan fingerprint density at radius 1 is 1.14 bits per heavy atom. The Bertz CT molecular complexity index is 965. The molecule has 0 atom stereocenters. The van der Waals surface area contributed by atoms with E-state index in [2.05, 4.69) is 10.4 Å². The first kappa shape index (κ1) is 18.5. The molecule has 1 saturated heterocycles. The highest BCUT2D eigenvalue weighted by atomic mass is 35.5. The molecule has 1 aliphatic rings. The molecule has 0 saturated carbocycles. The van der Waals surface area contributed by atoms with Gasteiger partial charge in [0.15, 0.2) is 0 Å². The largest absolute Gasteiger partial charge is 0.324 e. The molecule has 0 aliphatic carbocycles. The van der Waals surface area contributed by atoms with E-state index in [0.29, 0.717) is 29.7 Å². The summed E-state index contributed by atoms with van der Waals surface area (Å²) in [4.78, 5) is 14.3. The number of hydrogen-bond acceptors (Lipinski definition) is 2. The van der Waals surface area contributed by atoms with Crippen LogP contribution in [0.25, 0.3) is 5.69 Å². The smallest absolute Gasteiger partial charge is 0.321 e. The number of piperidine rings is 1. The van der Waals surface area contributed by atoms with Gasteiger partial charge in [0.1, 0.15) is 5.82 Å². The standard InChI is InChI=1S/C21H20ClFN4O/c22-17-2-1-3-19(12-17)25-21(28)26-10-8-15(9-11-26)16-13-24-27(14-16)20-6-4-18(23)5-7-20/h1-7,12-15H,8-11H2,(H,25,28). The van der Waals surface area contributed by atoms with E-state index >= 15 is 0 Å². The van der Waals surface area contributed by atoms with Crippen molar-refractivity contribution in [3.63, 3.8) is 0 Å². The second kappa shape index (κ2) is 8.02. The molecule has 1 fully saturated rings. The zero-order valence-corrected chi connectivity index (χ0v) is 15.9. The predicted octanol–water partition coefficient (Wildman–Crippen LogP) is 5.08. The van der Waals surface area contributed by atoms with Crippen LogP contribution in [-0.2, 0) is 0 Å². The second-order valence-corrected chi connectivity index (χ2v) is 7.33. The topological polar surface area (TPSA) is 50.2 Å². The van der Waals surface area contributed by atoms with Gasteiger partial charge in [-0.1, -0.05) is 17.7 Å². The fraction of sp³-hybridized carbons (Fsp3) is 0.238. The van der Waals surface area contributed by atoms with Gasteiger partial charge in [0, 0.05) is 30.0 Å². The van der Waals surface area contributed by atoms with Crippen LogP contribution in [0.4, 0.5) is 14.9 Å². The minimum absolute atomic E-state index is 0.109. The second-order valence-electron chi connectivity index (χ2n) is 6.90. The van der Waals surface area contributed by atoms with E-state index < -0.39 is 0 Å². The summed E-state index contributed by atoms with van der Waals surface area (Å²) < 4.78 is 14.8. The number of halogens is 2. The molecule has 28 heavy (non-hydrogen) atoms. The number of urea groups is 1. The van der Waals surface area contributed by atoms with E-state index in [1.165, 1.54) is 12.1 Å². The first-order valence-corrected chi connectivity index (χ1v) is 9.58. The number of carbonyl (C=O) groups is 1. The Labute approximate surface area is 167 Å². The summed E-state index contributed by atoms with van der Waals surface area (Å²) in [6, 6.07) is 13.3. The lowest BCUT2D eigenvalue weighted by molar-refractivity contribution is 0.194. The molecule has 1 aromatic heterocycles. The number of nitrogens with one attached hydrogen (secondary N) is 1. The molecule has 3 aromatic rings. The van der Waals surface area contributed by atoms with Gasteiger partial charge in [-0.05, 0) is 66.8 Å². The summed E-state index contributed by atoms with van der Waals surface area (Å²) in [6.07, 6.45) is 5.59. The maximum absolute atomic E-state index is 13.1. The SMILES string of the molecule is O=C(Nc1cccc(Cl)c1)N1CCC(c2cnn(-c3ccc(F)cc3)c2)CC1. The first-order chi connectivity index (χ1) is 13.6. The minimum atomic E-state index is -0.264. The lowest BCUT2D eigenvalue weighted by atomic mass is 9.92. The summed E-state index contributed by atoms with van der Waals surface area (Å²) in [6.45, 7) is 1.36. The fourth-order valence-corrected chi connectivity index (χ4v) is 3.66. The van der Waals surface area contributed by atoms with Gasteiger partial charge < -0.3 is 10.2 Å². The molecule has 144 valence electrons. The van der Waals surface area contributed by atoms with Crippen LogP contribution in [0.5, 0.6) is 0 Å². The van der Waals surface area contributed by atoms with Gasteiger partial charge in [-0.3, -0.25) is 0 Å². The third-order valence-electron chi connectivity index (χ3n) is 5.02. The molecule has 0 radical (unpaired) electrons. The van der Waals surface area contributed by atoms with Crippen molar-refractivity contribution in [3.8, 4) is 5.69 Å². The third-order valence-corrected chi connectivity index (χ3v) is 5.26. The number of likely N-dealkylation sites (tertiary alicyclic amines) is 1. The number of amides is 2. The van der Waals surface area contributed by atoms with Crippen LogP contribution in [0.3, 0.4) is 0 Å².